The van der Waals surface area contributed by atoms with E-state index in [0.717, 1.165) is 17.7 Å². The minimum Gasteiger partial charge on any atom is -0.370 e. The van der Waals surface area contributed by atoms with E-state index in [9.17, 15) is 14.0 Å². The standard InChI is InChI=1S/C16H14FNO.C6H12.C3H7NO.C2H6/c1-10-3-8-15(17)16(14(10)9-18)13-6-4-12(5-7-13)11(2)19;1-6-4-2-3-5-6;1-2-3(4)5;1-2/h3-9,18H,1-2H3;6H,2-5H2,1H3;2H2,1H3,(H2,4,5);1-2H3. The van der Waals surface area contributed by atoms with Crippen molar-refractivity contribution >= 4 is 17.9 Å². The first-order chi connectivity index (χ1) is 15.2. The summed E-state index contributed by atoms with van der Waals surface area (Å²) in [5, 5.41) is 7.44. The molecule has 0 unspecified atom stereocenters. The molecular weight excluding hydrogens is 403 g/mol. The zero-order valence-electron chi connectivity index (χ0n) is 20.4. The number of carbonyl (C=O) groups is 2. The topological polar surface area (TPSA) is 84.0 Å². The second-order valence-corrected chi connectivity index (χ2v) is 7.64. The lowest BCUT2D eigenvalue weighted by molar-refractivity contribution is -0.117. The van der Waals surface area contributed by atoms with Crippen molar-refractivity contribution in [3.8, 4) is 11.1 Å². The maximum Gasteiger partial charge on any atom is 0.217 e. The van der Waals surface area contributed by atoms with Crippen LogP contribution >= 0.6 is 0 Å². The zero-order valence-corrected chi connectivity index (χ0v) is 20.4. The number of nitrogens with two attached hydrogens (primary N) is 1. The van der Waals surface area contributed by atoms with Crippen LogP contribution in [0.25, 0.3) is 11.1 Å². The van der Waals surface area contributed by atoms with Crippen LogP contribution in [0.1, 0.15) is 88.2 Å². The summed E-state index contributed by atoms with van der Waals surface area (Å²) in [6.07, 6.45) is 7.55. The summed E-state index contributed by atoms with van der Waals surface area (Å²) in [5.74, 6) is 0.415. The molecular formula is C27H39FN2O2. The molecule has 1 saturated carbocycles. The molecule has 176 valence electrons. The molecule has 1 amide bonds. The molecule has 3 N–H and O–H groups in total. The Morgan fingerprint density at radius 3 is 1.94 bits per heavy atom. The van der Waals surface area contributed by atoms with E-state index in [1.165, 1.54) is 38.7 Å². The second-order valence-electron chi connectivity index (χ2n) is 7.64. The number of nitrogens with one attached hydrogen (secondary N) is 1. The number of primary amides is 1. The first-order valence-electron chi connectivity index (χ1n) is 11.4. The summed E-state index contributed by atoms with van der Waals surface area (Å²) in [7, 11) is 0. The fourth-order valence-corrected chi connectivity index (χ4v) is 3.18. The summed E-state index contributed by atoms with van der Waals surface area (Å²) in [6.45, 7) is 11.4. The molecule has 0 saturated heterocycles. The highest BCUT2D eigenvalue weighted by molar-refractivity contribution is 5.95. The van der Waals surface area contributed by atoms with E-state index in [1.807, 2.05) is 20.8 Å². The number of aryl methyl sites for hydroxylation is 1. The molecule has 0 spiro atoms. The van der Waals surface area contributed by atoms with Crippen LogP contribution in [0.3, 0.4) is 0 Å². The van der Waals surface area contributed by atoms with Crippen LogP contribution in [0.2, 0.25) is 0 Å². The maximum atomic E-state index is 14.0. The fraction of sp³-hybridized carbons (Fsp3) is 0.444. The number of hydrogen-bond donors (Lipinski definition) is 2. The highest BCUT2D eigenvalue weighted by Crippen LogP contribution is 2.28. The third-order valence-electron chi connectivity index (χ3n) is 5.13. The maximum absolute atomic E-state index is 14.0. The number of ketones is 1. The van der Waals surface area contributed by atoms with E-state index in [0.29, 0.717) is 28.7 Å². The summed E-state index contributed by atoms with van der Waals surface area (Å²) in [5.41, 5.74) is 7.74. The number of amides is 1. The predicted molar refractivity (Wildman–Crippen MR) is 133 cm³/mol. The number of halogens is 1. The number of Topliss-reactive ketones (excluding diaryl/α,β-unsaturated/α-hetero) is 1. The minimum absolute atomic E-state index is 0.0245. The van der Waals surface area contributed by atoms with Gasteiger partial charge in [0.25, 0.3) is 0 Å². The van der Waals surface area contributed by atoms with E-state index in [-0.39, 0.29) is 17.5 Å². The second kappa shape index (κ2) is 15.9. The molecule has 0 aliphatic heterocycles. The highest BCUT2D eigenvalue weighted by Gasteiger charge is 2.12. The number of rotatable bonds is 4. The molecule has 1 aliphatic rings. The third kappa shape index (κ3) is 9.99. The first kappa shape index (κ1) is 29.2. The van der Waals surface area contributed by atoms with Crippen molar-refractivity contribution in [2.24, 2.45) is 11.7 Å². The Bertz CT molecular complexity index is 855. The van der Waals surface area contributed by atoms with Gasteiger partial charge >= 0.3 is 0 Å². The van der Waals surface area contributed by atoms with Gasteiger partial charge in [0, 0.05) is 29.3 Å². The van der Waals surface area contributed by atoms with Gasteiger partial charge in [-0.3, -0.25) is 9.59 Å². The normalized spacial score (nSPS) is 12.2. The van der Waals surface area contributed by atoms with E-state index in [2.05, 4.69) is 12.7 Å². The van der Waals surface area contributed by atoms with Crippen molar-refractivity contribution in [2.75, 3.05) is 0 Å². The van der Waals surface area contributed by atoms with Gasteiger partial charge in [-0.05, 0) is 37.0 Å². The Morgan fingerprint density at radius 1 is 1.09 bits per heavy atom. The van der Waals surface area contributed by atoms with Gasteiger partial charge in [-0.15, -0.1) is 0 Å². The average molecular weight is 443 g/mol. The van der Waals surface area contributed by atoms with Crippen molar-refractivity contribution in [2.45, 2.75) is 73.6 Å². The molecule has 3 rings (SSSR count). The van der Waals surface area contributed by atoms with Crippen LogP contribution in [-0.2, 0) is 4.79 Å². The molecule has 0 radical (unpaired) electrons. The van der Waals surface area contributed by atoms with Gasteiger partial charge in [-0.25, -0.2) is 4.39 Å². The molecule has 1 aliphatic carbocycles. The zero-order chi connectivity index (χ0) is 24.7. The predicted octanol–water partition coefficient (Wildman–Crippen LogP) is 7.11. The van der Waals surface area contributed by atoms with Crippen molar-refractivity contribution in [1.29, 1.82) is 5.41 Å². The number of benzene rings is 2. The molecule has 0 atom stereocenters. The largest absolute Gasteiger partial charge is 0.370 e. The molecule has 4 nitrogen and oxygen atoms in total. The Morgan fingerprint density at radius 2 is 1.59 bits per heavy atom. The number of carbonyl (C=O) groups excluding carboxylic acids is 2. The van der Waals surface area contributed by atoms with Crippen molar-refractivity contribution in [3.05, 3.63) is 58.9 Å². The summed E-state index contributed by atoms with van der Waals surface area (Å²) in [4.78, 5) is 20.8. The van der Waals surface area contributed by atoms with Crippen LogP contribution in [0.4, 0.5) is 4.39 Å². The van der Waals surface area contributed by atoms with Gasteiger partial charge in [-0.2, -0.15) is 0 Å². The fourth-order valence-electron chi connectivity index (χ4n) is 3.18. The van der Waals surface area contributed by atoms with Crippen LogP contribution < -0.4 is 5.73 Å². The molecule has 0 heterocycles. The third-order valence-corrected chi connectivity index (χ3v) is 5.13. The molecule has 2 aromatic rings. The van der Waals surface area contributed by atoms with Crippen LogP contribution in [0.5, 0.6) is 0 Å². The van der Waals surface area contributed by atoms with Gasteiger partial charge in [0.15, 0.2) is 5.78 Å². The Kier molecular flexibility index (Phi) is 14.5. The number of hydrogen-bond acceptors (Lipinski definition) is 3. The molecule has 1 fully saturated rings. The van der Waals surface area contributed by atoms with Crippen molar-refractivity contribution in [3.63, 3.8) is 0 Å². The highest BCUT2D eigenvalue weighted by atomic mass is 19.1. The lowest BCUT2D eigenvalue weighted by Crippen LogP contribution is -2.06. The average Bonchev–Trinajstić information content (AvgIpc) is 3.28. The monoisotopic (exact) mass is 442 g/mol. The summed E-state index contributed by atoms with van der Waals surface area (Å²) >= 11 is 0. The van der Waals surface area contributed by atoms with Gasteiger partial charge in [0.2, 0.25) is 5.91 Å². The summed E-state index contributed by atoms with van der Waals surface area (Å²) in [6, 6.07) is 9.82. The molecule has 32 heavy (non-hydrogen) atoms. The summed E-state index contributed by atoms with van der Waals surface area (Å²) < 4.78 is 14.0. The Hall–Kier alpha value is -2.82. The molecule has 2 aromatic carbocycles. The van der Waals surface area contributed by atoms with E-state index < -0.39 is 0 Å². The van der Waals surface area contributed by atoms with E-state index in [1.54, 1.807) is 37.3 Å². The van der Waals surface area contributed by atoms with Gasteiger partial charge in [0.1, 0.15) is 5.82 Å². The first-order valence-corrected chi connectivity index (χ1v) is 11.4. The minimum atomic E-state index is -0.361. The van der Waals surface area contributed by atoms with Crippen molar-refractivity contribution < 1.29 is 14.0 Å². The lowest BCUT2D eigenvalue weighted by atomic mass is 9.95. The molecule has 0 bridgehead atoms. The van der Waals surface area contributed by atoms with Crippen LogP contribution in [0, 0.1) is 24.1 Å². The van der Waals surface area contributed by atoms with E-state index in [4.69, 9.17) is 5.41 Å². The Balaban J connectivity index is 0.000000605. The lowest BCUT2D eigenvalue weighted by Gasteiger charge is -2.10. The molecule has 5 heteroatoms. The van der Waals surface area contributed by atoms with E-state index >= 15 is 0 Å². The van der Waals surface area contributed by atoms with Gasteiger partial charge in [-0.1, -0.05) is 83.7 Å². The van der Waals surface area contributed by atoms with Crippen LogP contribution in [0.15, 0.2) is 36.4 Å². The van der Waals surface area contributed by atoms with Crippen molar-refractivity contribution in [1.82, 2.24) is 0 Å². The van der Waals surface area contributed by atoms with Gasteiger partial charge < -0.3 is 11.1 Å². The quantitative estimate of drug-likeness (QED) is 0.391. The van der Waals surface area contributed by atoms with Gasteiger partial charge in [0.05, 0.1) is 0 Å². The smallest absolute Gasteiger partial charge is 0.217 e. The Labute approximate surface area is 192 Å². The SMILES string of the molecule is CC.CC(=O)c1ccc(-c2c(F)ccc(C)c2C=N)cc1.CC1CCCC1.CCC(N)=O. The molecule has 0 aromatic heterocycles. The van der Waals surface area contributed by atoms with Crippen LogP contribution in [-0.4, -0.2) is 17.9 Å².